The topological polar surface area (TPSA) is 55.1 Å². The number of oxazole rings is 1. The fourth-order valence-electron chi connectivity index (χ4n) is 2.65. The summed E-state index contributed by atoms with van der Waals surface area (Å²) >= 11 is 14.3. The zero-order chi connectivity index (χ0) is 19.8. The zero-order valence-corrected chi connectivity index (χ0v) is 17.6. The van der Waals surface area contributed by atoms with Gasteiger partial charge in [0.2, 0.25) is 5.89 Å². The van der Waals surface area contributed by atoms with Gasteiger partial charge in [-0.05, 0) is 77.2 Å². The number of carbonyl (C=O) groups is 1. The number of nitrogens with zero attached hydrogens (tertiary/aromatic N) is 1. The van der Waals surface area contributed by atoms with Crippen LogP contribution in [0, 0.1) is 9.39 Å². The summed E-state index contributed by atoms with van der Waals surface area (Å²) in [7, 11) is 0. The van der Waals surface area contributed by atoms with E-state index < -0.39 is 5.82 Å². The summed E-state index contributed by atoms with van der Waals surface area (Å²) in [6.45, 7) is 0. The van der Waals surface area contributed by atoms with Gasteiger partial charge in [0, 0.05) is 9.26 Å². The summed E-state index contributed by atoms with van der Waals surface area (Å²) in [5.41, 5.74) is 2.45. The molecule has 3 aromatic carbocycles. The largest absolute Gasteiger partial charge is 0.436 e. The molecule has 0 unspecified atom stereocenters. The van der Waals surface area contributed by atoms with Crippen LogP contribution in [0.5, 0.6) is 0 Å². The summed E-state index contributed by atoms with van der Waals surface area (Å²) in [6.07, 6.45) is 0. The number of nitrogens with one attached hydrogen (secondary N) is 1. The molecule has 1 amide bonds. The summed E-state index contributed by atoms with van der Waals surface area (Å²) in [5, 5.41) is 3.37. The standard InChI is InChI=1S/C20H10Cl2FIN2O2/c21-15-5-2-11(24)8-14(15)19(27)25-12-3-6-18-17(9-12)26-20(28-18)13-4-1-10(23)7-16(13)22/h1-9H,(H,25,27). The Morgan fingerprint density at radius 2 is 1.86 bits per heavy atom. The number of fused-ring (bicyclic) bond motifs is 1. The lowest BCUT2D eigenvalue weighted by Gasteiger charge is -2.07. The van der Waals surface area contributed by atoms with Crippen molar-refractivity contribution in [2.45, 2.75) is 0 Å². The Morgan fingerprint density at radius 3 is 2.64 bits per heavy atom. The molecule has 0 saturated heterocycles. The van der Waals surface area contributed by atoms with Gasteiger partial charge in [-0.25, -0.2) is 9.37 Å². The first kappa shape index (κ1) is 19.2. The molecule has 1 aromatic heterocycles. The predicted octanol–water partition coefficient (Wildman–Crippen LogP) is 6.80. The van der Waals surface area contributed by atoms with E-state index in [1.807, 2.05) is 6.07 Å². The molecule has 0 bridgehead atoms. The third-order valence-corrected chi connectivity index (χ3v) is 5.29. The van der Waals surface area contributed by atoms with Gasteiger partial charge in [-0.3, -0.25) is 4.79 Å². The molecule has 4 rings (SSSR count). The highest BCUT2D eigenvalue weighted by Crippen LogP contribution is 2.31. The van der Waals surface area contributed by atoms with Crippen molar-refractivity contribution in [3.8, 4) is 11.5 Å². The van der Waals surface area contributed by atoms with E-state index in [2.05, 4.69) is 32.9 Å². The number of rotatable bonds is 3. The summed E-state index contributed by atoms with van der Waals surface area (Å²) in [5.74, 6) is -0.499. The van der Waals surface area contributed by atoms with Crippen LogP contribution >= 0.6 is 45.8 Å². The molecule has 0 radical (unpaired) electrons. The molecule has 28 heavy (non-hydrogen) atoms. The molecule has 0 saturated carbocycles. The molecule has 0 atom stereocenters. The number of carbonyl (C=O) groups excluding carboxylic acids is 1. The molecule has 8 heteroatoms. The maximum absolute atomic E-state index is 13.2. The van der Waals surface area contributed by atoms with Gasteiger partial charge in [0.05, 0.1) is 21.2 Å². The van der Waals surface area contributed by atoms with E-state index in [9.17, 15) is 9.18 Å². The third kappa shape index (κ3) is 3.85. The zero-order valence-electron chi connectivity index (χ0n) is 14.0. The van der Waals surface area contributed by atoms with Gasteiger partial charge in [0.1, 0.15) is 11.3 Å². The highest BCUT2D eigenvalue weighted by molar-refractivity contribution is 14.1. The van der Waals surface area contributed by atoms with Crippen LogP contribution in [0.25, 0.3) is 22.6 Å². The number of aromatic nitrogens is 1. The van der Waals surface area contributed by atoms with Crippen LogP contribution < -0.4 is 5.32 Å². The van der Waals surface area contributed by atoms with Crippen molar-refractivity contribution in [3.63, 3.8) is 0 Å². The van der Waals surface area contributed by atoms with Crippen molar-refractivity contribution in [3.05, 3.63) is 79.6 Å². The average molecular weight is 527 g/mol. The smallest absolute Gasteiger partial charge is 0.257 e. The van der Waals surface area contributed by atoms with Gasteiger partial charge in [0.25, 0.3) is 5.91 Å². The lowest BCUT2D eigenvalue weighted by molar-refractivity contribution is 0.102. The van der Waals surface area contributed by atoms with Crippen LogP contribution in [0.4, 0.5) is 10.1 Å². The maximum Gasteiger partial charge on any atom is 0.257 e. The monoisotopic (exact) mass is 526 g/mol. The van der Waals surface area contributed by atoms with E-state index in [0.29, 0.717) is 32.9 Å². The Morgan fingerprint density at radius 1 is 1.04 bits per heavy atom. The number of hydrogen-bond donors (Lipinski definition) is 1. The Bertz CT molecular complexity index is 1230. The SMILES string of the molecule is O=C(Nc1ccc2oc(-c3ccc(F)cc3Cl)nc2c1)c1cc(I)ccc1Cl. The first-order valence-electron chi connectivity index (χ1n) is 8.03. The molecule has 0 fully saturated rings. The van der Waals surface area contributed by atoms with Crippen molar-refractivity contribution in [1.82, 2.24) is 4.98 Å². The number of benzene rings is 3. The van der Waals surface area contributed by atoms with E-state index in [1.165, 1.54) is 18.2 Å². The summed E-state index contributed by atoms with van der Waals surface area (Å²) in [4.78, 5) is 16.9. The lowest BCUT2D eigenvalue weighted by atomic mass is 10.2. The second-order valence-corrected chi connectivity index (χ2v) is 7.96. The van der Waals surface area contributed by atoms with Crippen molar-refractivity contribution >= 4 is 68.5 Å². The van der Waals surface area contributed by atoms with Crippen LogP contribution in [0.15, 0.2) is 59.0 Å². The van der Waals surface area contributed by atoms with Crippen molar-refractivity contribution in [2.24, 2.45) is 0 Å². The predicted molar refractivity (Wildman–Crippen MR) is 117 cm³/mol. The number of hydrogen-bond acceptors (Lipinski definition) is 3. The van der Waals surface area contributed by atoms with Crippen molar-refractivity contribution in [1.29, 1.82) is 0 Å². The van der Waals surface area contributed by atoms with E-state index in [-0.39, 0.29) is 16.8 Å². The molecule has 140 valence electrons. The highest BCUT2D eigenvalue weighted by Gasteiger charge is 2.15. The lowest BCUT2D eigenvalue weighted by Crippen LogP contribution is -2.12. The Balaban J connectivity index is 1.65. The highest BCUT2D eigenvalue weighted by atomic mass is 127. The molecular weight excluding hydrogens is 517 g/mol. The molecule has 4 aromatic rings. The Labute approximate surface area is 182 Å². The Hall–Kier alpha value is -2.16. The molecule has 1 heterocycles. The van der Waals surface area contributed by atoms with Crippen molar-refractivity contribution in [2.75, 3.05) is 5.32 Å². The van der Waals surface area contributed by atoms with Crippen LogP contribution in [0.3, 0.4) is 0 Å². The van der Waals surface area contributed by atoms with Gasteiger partial charge in [-0.15, -0.1) is 0 Å². The van der Waals surface area contributed by atoms with Crippen LogP contribution in [-0.2, 0) is 0 Å². The van der Waals surface area contributed by atoms with Crippen LogP contribution in [0.1, 0.15) is 10.4 Å². The third-order valence-electron chi connectivity index (χ3n) is 3.98. The van der Waals surface area contributed by atoms with Crippen molar-refractivity contribution < 1.29 is 13.6 Å². The van der Waals surface area contributed by atoms with E-state index >= 15 is 0 Å². The number of amides is 1. The van der Waals surface area contributed by atoms with Crippen LogP contribution in [-0.4, -0.2) is 10.9 Å². The van der Waals surface area contributed by atoms with Gasteiger partial charge in [-0.2, -0.15) is 0 Å². The molecule has 0 aliphatic heterocycles. The first-order chi connectivity index (χ1) is 13.4. The van der Waals surface area contributed by atoms with E-state index in [1.54, 1.807) is 30.3 Å². The summed E-state index contributed by atoms with van der Waals surface area (Å²) in [6, 6.07) is 14.3. The van der Waals surface area contributed by atoms with Crippen LogP contribution in [0.2, 0.25) is 10.0 Å². The quantitative estimate of drug-likeness (QED) is 0.299. The van der Waals surface area contributed by atoms with Gasteiger partial charge < -0.3 is 9.73 Å². The molecule has 0 spiro atoms. The Kier molecular flexibility index (Phi) is 5.27. The fraction of sp³-hybridized carbons (Fsp3) is 0. The maximum atomic E-state index is 13.2. The number of anilines is 1. The van der Waals surface area contributed by atoms with E-state index in [4.69, 9.17) is 27.6 Å². The van der Waals surface area contributed by atoms with E-state index in [0.717, 1.165) is 3.57 Å². The molecule has 0 aliphatic rings. The summed E-state index contributed by atoms with van der Waals surface area (Å²) < 4.78 is 19.9. The molecule has 0 aliphatic carbocycles. The first-order valence-corrected chi connectivity index (χ1v) is 9.86. The second-order valence-electron chi connectivity index (χ2n) is 5.90. The fourth-order valence-corrected chi connectivity index (χ4v) is 3.60. The van der Waals surface area contributed by atoms with Gasteiger partial charge in [-0.1, -0.05) is 23.2 Å². The molecule has 4 nitrogen and oxygen atoms in total. The minimum Gasteiger partial charge on any atom is -0.436 e. The average Bonchev–Trinajstić information content (AvgIpc) is 3.06. The normalized spacial score (nSPS) is 11.0. The minimum atomic E-state index is -0.441. The minimum absolute atomic E-state index is 0.202. The second kappa shape index (κ2) is 7.69. The molecular formula is C20H10Cl2FIN2O2. The van der Waals surface area contributed by atoms with Gasteiger partial charge in [0.15, 0.2) is 5.58 Å². The van der Waals surface area contributed by atoms with Gasteiger partial charge >= 0.3 is 0 Å². The number of halogens is 4. The molecule has 1 N–H and O–H groups in total.